The van der Waals surface area contributed by atoms with Gasteiger partial charge in [0.25, 0.3) is 0 Å². The van der Waals surface area contributed by atoms with Crippen LogP contribution >= 0.6 is 7.92 Å². The van der Waals surface area contributed by atoms with Gasteiger partial charge in [0, 0.05) is 5.92 Å². The summed E-state index contributed by atoms with van der Waals surface area (Å²) in [7, 11) is 4.40. The van der Waals surface area contributed by atoms with E-state index in [2.05, 4.69) is 112 Å². The number of likely N-dealkylation sites (N-methyl/N-ethyl adjacent to an activating group) is 1. The Bertz CT molecular complexity index is 1030. The molecule has 2 unspecified atom stereocenters. The van der Waals surface area contributed by atoms with Crippen molar-refractivity contribution >= 4 is 24.8 Å². The lowest BCUT2D eigenvalue weighted by molar-refractivity contribution is 0.227. The minimum atomic E-state index is -0.221. The van der Waals surface area contributed by atoms with E-state index in [0.29, 0.717) is 5.92 Å². The molecule has 2 atom stereocenters. The third-order valence-corrected chi connectivity index (χ3v) is 10.4. The van der Waals surface area contributed by atoms with E-state index in [1.165, 1.54) is 52.6 Å². The first-order valence-corrected chi connectivity index (χ1v) is 13.0. The van der Waals surface area contributed by atoms with Crippen LogP contribution in [0.4, 0.5) is 0 Å². The van der Waals surface area contributed by atoms with Crippen molar-refractivity contribution in [1.29, 1.82) is 0 Å². The SMILES string of the molecule is CCCP(CCC)C1(N(C)C)c2ccccc2C=CC1c1ccc2ccccc2c1. The smallest absolute Gasteiger partial charge is 0.0763 e. The van der Waals surface area contributed by atoms with E-state index in [9.17, 15) is 0 Å². The third kappa shape index (κ3) is 3.53. The average molecular weight is 416 g/mol. The van der Waals surface area contributed by atoms with Gasteiger partial charge in [-0.1, -0.05) is 113 Å². The van der Waals surface area contributed by atoms with E-state index in [1.807, 2.05) is 0 Å². The van der Waals surface area contributed by atoms with Crippen LogP contribution in [0.15, 0.2) is 72.8 Å². The monoisotopic (exact) mass is 415 g/mol. The van der Waals surface area contributed by atoms with Crippen LogP contribution in [-0.2, 0) is 5.28 Å². The molecular formula is C28H34NP. The van der Waals surface area contributed by atoms with Crippen molar-refractivity contribution in [2.45, 2.75) is 37.9 Å². The summed E-state index contributed by atoms with van der Waals surface area (Å²) in [5, 5.41) is 2.68. The molecule has 0 heterocycles. The normalized spacial score (nSPS) is 20.8. The van der Waals surface area contributed by atoms with Gasteiger partial charge >= 0.3 is 0 Å². The van der Waals surface area contributed by atoms with Gasteiger partial charge in [-0.25, -0.2) is 0 Å². The fraction of sp³-hybridized carbons (Fsp3) is 0.357. The number of fused-ring (bicyclic) bond motifs is 2. The van der Waals surface area contributed by atoms with Crippen LogP contribution in [-0.4, -0.2) is 31.3 Å². The van der Waals surface area contributed by atoms with E-state index >= 15 is 0 Å². The van der Waals surface area contributed by atoms with Gasteiger partial charge in [0.2, 0.25) is 0 Å². The van der Waals surface area contributed by atoms with Crippen LogP contribution in [0.3, 0.4) is 0 Å². The summed E-state index contributed by atoms with van der Waals surface area (Å²) in [5.41, 5.74) is 4.35. The standard InChI is InChI=1S/C28H34NP/c1-5-19-30(20-6-2)28(29(3)4)26-14-10-9-12-23(26)17-18-27(28)25-16-15-22-11-7-8-13-24(22)21-25/h7-18,21,27H,5-6,19-20H2,1-4H3. The van der Waals surface area contributed by atoms with E-state index < -0.39 is 0 Å². The van der Waals surface area contributed by atoms with Gasteiger partial charge in [-0.05, 0) is 53.9 Å². The van der Waals surface area contributed by atoms with Gasteiger partial charge in [0.1, 0.15) is 0 Å². The summed E-state index contributed by atoms with van der Waals surface area (Å²) >= 11 is 0. The van der Waals surface area contributed by atoms with Crippen molar-refractivity contribution < 1.29 is 0 Å². The zero-order valence-corrected chi connectivity index (χ0v) is 19.7. The molecule has 0 fully saturated rings. The van der Waals surface area contributed by atoms with Crippen molar-refractivity contribution in [3.63, 3.8) is 0 Å². The molecule has 30 heavy (non-hydrogen) atoms. The van der Waals surface area contributed by atoms with Crippen LogP contribution in [0.5, 0.6) is 0 Å². The Morgan fingerprint density at radius 1 is 0.833 bits per heavy atom. The Hall–Kier alpha value is -1.95. The molecule has 3 aromatic carbocycles. The van der Waals surface area contributed by atoms with Crippen LogP contribution in [0.1, 0.15) is 49.3 Å². The molecule has 0 saturated heterocycles. The molecule has 1 aliphatic carbocycles. The molecule has 156 valence electrons. The van der Waals surface area contributed by atoms with Gasteiger partial charge in [-0.3, -0.25) is 4.90 Å². The molecular weight excluding hydrogens is 381 g/mol. The average Bonchev–Trinajstić information content (AvgIpc) is 2.77. The zero-order valence-electron chi connectivity index (χ0n) is 18.8. The van der Waals surface area contributed by atoms with Crippen molar-refractivity contribution in [1.82, 2.24) is 4.90 Å². The first-order valence-electron chi connectivity index (χ1n) is 11.3. The molecule has 1 nitrogen and oxygen atoms in total. The molecule has 0 radical (unpaired) electrons. The van der Waals surface area contributed by atoms with E-state index in [1.54, 1.807) is 0 Å². The molecule has 0 aromatic heterocycles. The molecule has 0 aliphatic heterocycles. The van der Waals surface area contributed by atoms with Crippen LogP contribution in [0, 0.1) is 0 Å². The highest BCUT2D eigenvalue weighted by molar-refractivity contribution is 7.58. The minimum absolute atomic E-state index is 0.0230. The van der Waals surface area contributed by atoms with Gasteiger partial charge < -0.3 is 0 Å². The second-order valence-corrected chi connectivity index (χ2v) is 11.3. The van der Waals surface area contributed by atoms with Crippen molar-refractivity contribution in [3.05, 3.63) is 89.5 Å². The number of nitrogens with zero attached hydrogens (tertiary/aromatic N) is 1. The topological polar surface area (TPSA) is 3.24 Å². The molecule has 0 bridgehead atoms. The van der Waals surface area contributed by atoms with Crippen molar-refractivity contribution in [2.75, 3.05) is 26.4 Å². The molecule has 4 rings (SSSR count). The zero-order chi connectivity index (χ0) is 21.1. The lowest BCUT2D eigenvalue weighted by atomic mass is 9.79. The maximum absolute atomic E-state index is 2.56. The maximum atomic E-state index is 2.56. The molecule has 0 amide bonds. The van der Waals surface area contributed by atoms with E-state index in [0.717, 1.165) is 0 Å². The lowest BCUT2D eigenvalue weighted by Gasteiger charge is -2.53. The molecule has 2 heteroatoms. The van der Waals surface area contributed by atoms with Crippen LogP contribution < -0.4 is 0 Å². The third-order valence-electron chi connectivity index (χ3n) is 6.54. The van der Waals surface area contributed by atoms with Gasteiger partial charge in [-0.2, -0.15) is 0 Å². The van der Waals surface area contributed by atoms with Crippen LogP contribution in [0.2, 0.25) is 0 Å². The summed E-state index contributed by atoms with van der Waals surface area (Å²) < 4.78 is 0. The minimum Gasteiger partial charge on any atom is -0.295 e. The van der Waals surface area contributed by atoms with Gasteiger partial charge in [0.05, 0.1) is 5.28 Å². The quantitative estimate of drug-likeness (QED) is 0.358. The Balaban J connectivity index is 1.97. The van der Waals surface area contributed by atoms with E-state index in [-0.39, 0.29) is 13.2 Å². The number of rotatable bonds is 7. The first kappa shape index (κ1) is 21.3. The fourth-order valence-corrected chi connectivity index (χ4v) is 9.11. The molecule has 1 aliphatic rings. The Morgan fingerprint density at radius 2 is 1.50 bits per heavy atom. The molecule has 0 spiro atoms. The largest absolute Gasteiger partial charge is 0.295 e. The molecule has 0 saturated carbocycles. The Morgan fingerprint density at radius 3 is 2.20 bits per heavy atom. The fourth-order valence-electron chi connectivity index (χ4n) is 5.39. The molecule has 3 aromatic rings. The Kier molecular flexibility index (Phi) is 6.42. The summed E-state index contributed by atoms with van der Waals surface area (Å²) in [6.45, 7) is 4.70. The highest BCUT2D eigenvalue weighted by Crippen LogP contribution is 2.66. The summed E-state index contributed by atoms with van der Waals surface area (Å²) in [6, 6.07) is 25.0. The number of hydrogen-bond donors (Lipinski definition) is 0. The second kappa shape index (κ2) is 9.04. The van der Waals surface area contributed by atoms with Crippen molar-refractivity contribution in [3.8, 4) is 0 Å². The highest BCUT2D eigenvalue weighted by Gasteiger charge is 2.49. The van der Waals surface area contributed by atoms with Gasteiger partial charge in [0.15, 0.2) is 0 Å². The second-order valence-electron chi connectivity index (χ2n) is 8.64. The number of benzene rings is 3. The predicted molar refractivity (Wildman–Crippen MR) is 135 cm³/mol. The maximum Gasteiger partial charge on any atom is 0.0763 e. The summed E-state index contributed by atoms with van der Waals surface area (Å²) in [5.74, 6) is 0.358. The van der Waals surface area contributed by atoms with Crippen LogP contribution in [0.25, 0.3) is 16.8 Å². The number of hydrogen-bond acceptors (Lipinski definition) is 1. The lowest BCUT2D eigenvalue weighted by Crippen LogP contribution is -2.47. The van der Waals surface area contributed by atoms with E-state index in [4.69, 9.17) is 0 Å². The molecule has 0 N–H and O–H groups in total. The van der Waals surface area contributed by atoms with Crippen molar-refractivity contribution in [2.24, 2.45) is 0 Å². The summed E-state index contributed by atoms with van der Waals surface area (Å²) in [4.78, 5) is 2.56. The van der Waals surface area contributed by atoms with Gasteiger partial charge in [-0.15, -0.1) is 0 Å². The highest BCUT2D eigenvalue weighted by atomic mass is 31.1. The first-order chi connectivity index (χ1) is 14.6. The Labute approximate surface area is 183 Å². The predicted octanol–water partition coefficient (Wildman–Crippen LogP) is 7.67. The summed E-state index contributed by atoms with van der Waals surface area (Å²) in [6.07, 6.45) is 9.98.